The van der Waals surface area contributed by atoms with E-state index in [9.17, 15) is 9.59 Å². The molecule has 31 heavy (non-hydrogen) atoms. The Morgan fingerprint density at radius 3 is 2.42 bits per heavy atom. The molecule has 156 valence electrons. The van der Waals surface area contributed by atoms with E-state index in [1.807, 2.05) is 60.7 Å². The number of amides is 1. The lowest BCUT2D eigenvalue weighted by Crippen LogP contribution is -2.31. The van der Waals surface area contributed by atoms with E-state index in [2.05, 4.69) is 15.4 Å². The Hall–Kier alpha value is -4.20. The number of furan rings is 1. The van der Waals surface area contributed by atoms with Gasteiger partial charge >= 0.3 is 5.97 Å². The average Bonchev–Trinajstić information content (AvgIpc) is 3.49. The largest absolute Gasteiger partial charge is 0.467 e. The number of para-hydroxylation sites is 1. The Morgan fingerprint density at radius 2 is 1.74 bits per heavy atom. The smallest absolute Gasteiger partial charge is 0.378 e. The minimum absolute atomic E-state index is 0.130. The van der Waals surface area contributed by atoms with E-state index in [1.54, 1.807) is 23.7 Å². The van der Waals surface area contributed by atoms with Gasteiger partial charge in [-0.15, -0.1) is 5.10 Å². The lowest BCUT2D eigenvalue weighted by molar-refractivity contribution is -0.125. The maximum Gasteiger partial charge on any atom is 0.378 e. The molecule has 8 heteroatoms. The molecule has 0 aliphatic heterocycles. The number of hydrogen-bond acceptors (Lipinski definition) is 6. The van der Waals surface area contributed by atoms with Gasteiger partial charge in [0.25, 0.3) is 11.7 Å². The second-order valence-electron chi connectivity index (χ2n) is 6.75. The quantitative estimate of drug-likeness (QED) is 0.463. The monoisotopic (exact) mass is 416 g/mol. The number of ether oxygens (including phenoxy) is 1. The molecule has 4 rings (SSSR count). The van der Waals surface area contributed by atoms with Crippen LogP contribution in [0, 0.1) is 0 Å². The SMILES string of the molecule is CC(NC(=O)COC(=O)c1nc(-c2ccccc2)n(-c2ccccc2)n1)c1ccco1. The fraction of sp³-hybridized carbons (Fsp3) is 0.130. The van der Waals surface area contributed by atoms with Crippen LogP contribution in [0.3, 0.4) is 0 Å². The molecule has 0 fully saturated rings. The molecule has 0 saturated carbocycles. The van der Waals surface area contributed by atoms with Gasteiger partial charge in [-0.05, 0) is 31.2 Å². The summed E-state index contributed by atoms with van der Waals surface area (Å²) in [5.74, 6) is -0.268. The number of nitrogens with zero attached hydrogens (tertiary/aromatic N) is 3. The highest BCUT2D eigenvalue weighted by Gasteiger charge is 2.21. The molecule has 1 atom stereocenters. The van der Waals surface area contributed by atoms with E-state index < -0.39 is 18.5 Å². The van der Waals surface area contributed by atoms with Crippen LogP contribution in [0.1, 0.15) is 29.3 Å². The van der Waals surface area contributed by atoms with Gasteiger partial charge in [0.1, 0.15) is 5.76 Å². The minimum atomic E-state index is -0.785. The molecular formula is C23H20N4O4. The third-order valence-corrected chi connectivity index (χ3v) is 4.50. The van der Waals surface area contributed by atoms with Crippen LogP contribution < -0.4 is 5.32 Å². The van der Waals surface area contributed by atoms with Crippen LogP contribution in [0.15, 0.2) is 83.5 Å². The second-order valence-corrected chi connectivity index (χ2v) is 6.75. The molecular weight excluding hydrogens is 396 g/mol. The van der Waals surface area contributed by atoms with E-state index in [-0.39, 0.29) is 11.9 Å². The fourth-order valence-corrected chi connectivity index (χ4v) is 3.01. The molecule has 8 nitrogen and oxygen atoms in total. The van der Waals surface area contributed by atoms with Gasteiger partial charge < -0.3 is 14.5 Å². The van der Waals surface area contributed by atoms with Crippen LogP contribution in [0.5, 0.6) is 0 Å². The first-order chi connectivity index (χ1) is 15.1. The van der Waals surface area contributed by atoms with Crippen molar-refractivity contribution in [3.05, 3.63) is 90.6 Å². The standard InChI is InChI=1S/C23H20N4O4/c1-16(19-13-8-14-30-19)24-20(28)15-31-23(29)21-25-22(17-9-4-2-5-10-17)27(26-21)18-11-6-3-7-12-18/h2-14,16H,15H2,1H3,(H,24,28). The van der Waals surface area contributed by atoms with Crippen molar-refractivity contribution in [2.75, 3.05) is 6.61 Å². The number of rotatable bonds is 7. The third-order valence-electron chi connectivity index (χ3n) is 4.50. The maximum atomic E-state index is 12.5. The maximum absolute atomic E-state index is 12.5. The molecule has 4 aromatic rings. The lowest BCUT2D eigenvalue weighted by Gasteiger charge is -2.11. The van der Waals surface area contributed by atoms with Crippen molar-refractivity contribution in [1.82, 2.24) is 20.1 Å². The Kier molecular flexibility index (Phi) is 5.89. The first-order valence-electron chi connectivity index (χ1n) is 9.69. The van der Waals surface area contributed by atoms with Gasteiger partial charge in [0, 0.05) is 5.56 Å². The van der Waals surface area contributed by atoms with Crippen LogP contribution in [-0.4, -0.2) is 33.2 Å². The topological polar surface area (TPSA) is 99.2 Å². The lowest BCUT2D eigenvalue weighted by atomic mass is 10.2. The van der Waals surface area contributed by atoms with Gasteiger partial charge in [-0.1, -0.05) is 48.5 Å². The zero-order valence-corrected chi connectivity index (χ0v) is 16.8. The summed E-state index contributed by atoms with van der Waals surface area (Å²) >= 11 is 0. The Morgan fingerprint density at radius 1 is 1.03 bits per heavy atom. The zero-order valence-electron chi connectivity index (χ0n) is 16.8. The molecule has 1 N–H and O–H groups in total. The van der Waals surface area contributed by atoms with E-state index >= 15 is 0 Å². The van der Waals surface area contributed by atoms with Crippen LogP contribution in [-0.2, 0) is 9.53 Å². The number of carbonyl (C=O) groups excluding carboxylic acids is 2. The number of esters is 1. The van der Waals surface area contributed by atoms with Gasteiger partial charge in [-0.2, -0.15) is 0 Å². The van der Waals surface area contributed by atoms with Gasteiger partial charge in [0.2, 0.25) is 0 Å². The van der Waals surface area contributed by atoms with Gasteiger partial charge in [-0.3, -0.25) is 4.79 Å². The summed E-state index contributed by atoms with van der Waals surface area (Å²) in [5, 5.41) is 7.02. The van der Waals surface area contributed by atoms with Crippen LogP contribution in [0.25, 0.3) is 17.1 Å². The van der Waals surface area contributed by atoms with Crippen molar-refractivity contribution < 1.29 is 18.7 Å². The Balaban J connectivity index is 1.49. The molecule has 2 aromatic heterocycles. The summed E-state index contributed by atoms with van der Waals surface area (Å²) in [5.41, 5.74) is 1.54. The number of aromatic nitrogens is 3. The molecule has 0 saturated heterocycles. The fourth-order valence-electron chi connectivity index (χ4n) is 3.01. The number of benzene rings is 2. The van der Waals surface area contributed by atoms with Crippen LogP contribution >= 0.6 is 0 Å². The molecule has 1 unspecified atom stereocenters. The first kappa shape index (κ1) is 20.1. The molecule has 0 spiro atoms. The van der Waals surface area contributed by atoms with E-state index in [4.69, 9.17) is 9.15 Å². The summed E-state index contributed by atoms with van der Waals surface area (Å²) in [6.45, 7) is 1.32. The molecule has 0 aliphatic carbocycles. The summed E-state index contributed by atoms with van der Waals surface area (Å²) in [6, 6.07) is 21.9. The number of nitrogens with one attached hydrogen (secondary N) is 1. The van der Waals surface area contributed by atoms with E-state index in [1.165, 1.54) is 6.26 Å². The third kappa shape index (κ3) is 4.69. The molecule has 1 amide bonds. The van der Waals surface area contributed by atoms with Gasteiger partial charge in [0.15, 0.2) is 12.4 Å². The van der Waals surface area contributed by atoms with Gasteiger partial charge in [0.05, 0.1) is 18.0 Å². The zero-order chi connectivity index (χ0) is 21.6. The first-order valence-corrected chi connectivity index (χ1v) is 9.69. The Bertz CT molecular complexity index is 1100. The van der Waals surface area contributed by atoms with Crippen molar-refractivity contribution in [3.63, 3.8) is 0 Å². The minimum Gasteiger partial charge on any atom is -0.467 e. The Labute approximate surface area is 178 Å². The molecule has 0 radical (unpaired) electrons. The van der Waals surface area contributed by atoms with Crippen LogP contribution in [0.4, 0.5) is 0 Å². The van der Waals surface area contributed by atoms with E-state index in [0.717, 1.165) is 11.3 Å². The second kappa shape index (κ2) is 9.08. The number of carbonyl (C=O) groups is 2. The highest BCUT2D eigenvalue weighted by molar-refractivity contribution is 5.88. The van der Waals surface area contributed by atoms with Crippen molar-refractivity contribution in [2.24, 2.45) is 0 Å². The molecule has 0 aliphatic rings. The van der Waals surface area contributed by atoms with Crippen molar-refractivity contribution in [1.29, 1.82) is 0 Å². The average molecular weight is 416 g/mol. The predicted octanol–water partition coefficient (Wildman–Crippen LogP) is 3.56. The summed E-state index contributed by atoms with van der Waals surface area (Å²) in [6.07, 6.45) is 1.52. The van der Waals surface area contributed by atoms with Gasteiger partial charge in [-0.25, -0.2) is 14.5 Å². The summed E-state index contributed by atoms with van der Waals surface area (Å²) < 4.78 is 11.9. The van der Waals surface area contributed by atoms with Crippen molar-refractivity contribution >= 4 is 11.9 Å². The highest BCUT2D eigenvalue weighted by Crippen LogP contribution is 2.21. The molecule has 0 bridgehead atoms. The number of hydrogen-bond donors (Lipinski definition) is 1. The van der Waals surface area contributed by atoms with Crippen LogP contribution in [0.2, 0.25) is 0 Å². The van der Waals surface area contributed by atoms with E-state index in [0.29, 0.717) is 11.6 Å². The highest BCUT2D eigenvalue weighted by atomic mass is 16.5. The van der Waals surface area contributed by atoms with Crippen molar-refractivity contribution in [2.45, 2.75) is 13.0 Å². The molecule has 2 heterocycles. The summed E-state index contributed by atoms with van der Waals surface area (Å²) in [4.78, 5) is 29.0. The normalized spacial score (nSPS) is 11.6. The summed E-state index contributed by atoms with van der Waals surface area (Å²) in [7, 11) is 0. The van der Waals surface area contributed by atoms with Crippen molar-refractivity contribution in [3.8, 4) is 17.1 Å². The predicted molar refractivity (Wildman–Crippen MR) is 112 cm³/mol. The molecule has 2 aromatic carbocycles.